The van der Waals surface area contributed by atoms with Crippen molar-refractivity contribution in [1.82, 2.24) is 9.97 Å². The number of nitrogens with one attached hydrogen (secondary N) is 1. The Bertz CT molecular complexity index is 864. The standard InChI is InChI=1S/C19H18Cl2N4/c1-25(2)15-6-4-14(5-7-15)18-9-10-22-19(24-18)23-12-13-3-8-16(20)17(21)11-13/h3-11H,12H2,1-2H3,(H,22,23,24). The number of hydrogen-bond acceptors (Lipinski definition) is 4. The lowest BCUT2D eigenvalue weighted by molar-refractivity contribution is 1.06. The fourth-order valence-corrected chi connectivity index (χ4v) is 2.69. The second kappa shape index (κ2) is 7.72. The van der Waals surface area contributed by atoms with Gasteiger partial charge in [0.1, 0.15) is 0 Å². The lowest BCUT2D eigenvalue weighted by Gasteiger charge is -2.12. The fraction of sp³-hybridized carbons (Fsp3) is 0.158. The Kier molecular flexibility index (Phi) is 5.41. The van der Waals surface area contributed by atoms with Gasteiger partial charge in [-0.25, -0.2) is 9.97 Å². The van der Waals surface area contributed by atoms with Crippen LogP contribution in [0.5, 0.6) is 0 Å². The molecule has 0 saturated carbocycles. The zero-order valence-electron chi connectivity index (χ0n) is 14.0. The van der Waals surface area contributed by atoms with E-state index in [0.29, 0.717) is 22.5 Å². The van der Waals surface area contributed by atoms with Crippen LogP contribution in [-0.4, -0.2) is 24.1 Å². The first-order valence-corrected chi connectivity index (χ1v) is 8.57. The Morgan fingerprint density at radius 2 is 1.72 bits per heavy atom. The van der Waals surface area contributed by atoms with Crippen LogP contribution in [0, 0.1) is 0 Å². The van der Waals surface area contributed by atoms with Gasteiger partial charge in [0.15, 0.2) is 0 Å². The minimum absolute atomic E-state index is 0.539. The number of rotatable bonds is 5. The third kappa shape index (κ3) is 4.41. The summed E-state index contributed by atoms with van der Waals surface area (Å²) in [5.41, 5.74) is 4.08. The van der Waals surface area contributed by atoms with Gasteiger partial charge in [0, 0.05) is 38.1 Å². The van der Waals surface area contributed by atoms with Gasteiger partial charge < -0.3 is 10.2 Å². The van der Waals surface area contributed by atoms with Gasteiger partial charge in [-0.3, -0.25) is 0 Å². The van der Waals surface area contributed by atoms with Gasteiger partial charge >= 0.3 is 0 Å². The molecule has 0 radical (unpaired) electrons. The molecular formula is C19H18Cl2N4. The summed E-state index contributed by atoms with van der Waals surface area (Å²) in [5.74, 6) is 0.570. The van der Waals surface area contributed by atoms with E-state index >= 15 is 0 Å². The smallest absolute Gasteiger partial charge is 0.223 e. The van der Waals surface area contributed by atoms with E-state index < -0.39 is 0 Å². The molecule has 0 spiro atoms. The van der Waals surface area contributed by atoms with Crippen LogP contribution in [0.3, 0.4) is 0 Å². The Balaban J connectivity index is 1.73. The van der Waals surface area contributed by atoms with Gasteiger partial charge in [-0.2, -0.15) is 0 Å². The van der Waals surface area contributed by atoms with Gasteiger partial charge in [-0.05, 0) is 35.9 Å². The molecule has 0 fully saturated rings. The summed E-state index contributed by atoms with van der Waals surface area (Å²) in [6.07, 6.45) is 1.75. The molecule has 25 heavy (non-hydrogen) atoms. The maximum atomic E-state index is 6.04. The molecule has 2 aromatic carbocycles. The lowest BCUT2D eigenvalue weighted by Crippen LogP contribution is -2.08. The summed E-state index contributed by atoms with van der Waals surface area (Å²) >= 11 is 12.0. The van der Waals surface area contributed by atoms with Crippen molar-refractivity contribution in [3.8, 4) is 11.3 Å². The Hall–Kier alpha value is -2.30. The SMILES string of the molecule is CN(C)c1ccc(-c2ccnc(NCc3ccc(Cl)c(Cl)c3)n2)cc1. The van der Waals surface area contributed by atoms with E-state index in [1.807, 2.05) is 32.3 Å². The van der Waals surface area contributed by atoms with Gasteiger partial charge in [0.2, 0.25) is 5.95 Å². The van der Waals surface area contributed by atoms with Crippen molar-refractivity contribution < 1.29 is 0 Å². The minimum Gasteiger partial charge on any atom is -0.378 e. The average molecular weight is 373 g/mol. The highest BCUT2D eigenvalue weighted by Crippen LogP contribution is 2.24. The summed E-state index contributed by atoms with van der Waals surface area (Å²) in [6, 6.07) is 15.7. The Morgan fingerprint density at radius 3 is 2.40 bits per heavy atom. The summed E-state index contributed by atoms with van der Waals surface area (Å²) in [6.45, 7) is 0.569. The molecule has 0 unspecified atom stereocenters. The van der Waals surface area contributed by atoms with Crippen LogP contribution in [-0.2, 0) is 6.54 Å². The molecule has 0 atom stereocenters. The number of nitrogens with zero attached hydrogens (tertiary/aromatic N) is 3. The van der Waals surface area contributed by atoms with Crippen LogP contribution in [0.15, 0.2) is 54.7 Å². The van der Waals surface area contributed by atoms with Crippen molar-refractivity contribution in [1.29, 1.82) is 0 Å². The van der Waals surface area contributed by atoms with Gasteiger partial charge in [0.25, 0.3) is 0 Å². The molecule has 4 nitrogen and oxygen atoms in total. The molecule has 0 aliphatic heterocycles. The molecule has 1 N–H and O–H groups in total. The van der Waals surface area contributed by atoms with E-state index in [1.165, 1.54) is 0 Å². The van der Waals surface area contributed by atoms with Gasteiger partial charge in [0.05, 0.1) is 15.7 Å². The first kappa shape index (κ1) is 17.5. The summed E-state index contributed by atoms with van der Waals surface area (Å²) in [5, 5.41) is 4.30. The van der Waals surface area contributed by atoms with Gasteiger partial charge in [-0.15, -0.1) is 0 Å². The maximum absolute atomic E-state index is 6.04. The second-order valence-corrected chi connectivity index (χ2v) is 6.62. The van der Waals surface area contributed by atoms with Crippen molar-refractivity contribution in [3.63, 3.8) is 0 Å². The highest BCUT2D eigenvalue weighted by atomic mass is 35.5. The van der Waals surface area contributed by atoms with E-state index in [2.05, 4.69) is 44.5 Å². The van der Waals surface area contributed by atoms with E-state index in [9.17, 15) is 0 Å². The molecule has 0 saturated heterocycles. The number of benzene rings is 2. The van der Waals surface area contributed by atoms with Crippen LogP contribution in [0.2, 0.25) is 10.0 Å². The molecule has 0 aliphatic carbocycles. The predicted molar refractivity (Wildman–Crippen MR) is 106 cm³/mol. The number of aromatic nitrogens is 2. The van der Waals surface area contributed by atoms with Crippen molar-refractivity contribution in [2.45, 2.75) is 6.54 Å². The van der Waals surface area contributed by atoms with Crippen molar-refractivity contribution in [2.75, 3.05) is 24.3 Å². The molecule has 128 valence electrons. The van der Waals surface area contributed by atoms with E-state index in [-0.39, 0.29) is 0 Å². The molecule has 0 amide bonds. The topological polar surface area (TPSA) is 41.1 Å². The largest absolute Gasteiger partial charge is 0.378 e. The summed E-state index contributed by atoms with van der Waals surface area (Å²) in [7, 11) is 4.04. The number of hydrogen-bond donors (Lipinski definition) is 1. The molecule has 1 aromatic heterocycles. The van der Waals surface area contributed by atoms with Crippen LogP contribution in [0.25, 0.3) is 11.3 Å². The molecule has 0 bridgehead atoms. The fourth-order valence-electron chi connectivity index (χ4n) is 2.37. The molecule has 3 rings (SSSR count). The highest BCUT2D eigenvalue weighted by molar-refractivity contribution is 6.42. The number of halogens is 2. The third-order valence-electron chi connectivity index (χ3n) is 3.77. The van der Waals surface area contributed by atoms with Crippen LogP contribution < -0.4 is 10.2 Å². The minimum atomic E-state index is 0.539. The Morgan fingerprint density at radius 1 is 0.960 bits per heavy atom. The molecule has 0 aliphatic rings. The highest BCUT2D eigenvalue weighted by Gasteiger charge is 2.04. The van der Waals surface area contributed by atoms with Crippen molar-refractivity contribution in [2.24, 2.45) is 0 Å². The first-order valence-electron chi connectivity index (χ1n) is 7.81. The summed E-state index contributed by atoms with van der Waals surface area (Å²) < 4.78 is 0. The van der Waals surface area contributed by atoms with Gasteiger partial charge in [-0.1, -0.05) is 41.4 Å². The molecule has 1 heterocycles. The van der Waals surface area contributed by atoms with Crippen LogP contribution >= 0.6 is 23.2 Å². The molecule has 6 heteroatoms. The van der Waals surface area contributed by atoms with E-state index in [1.54, 1.807) is 12.3 Å². The quantitative estimate of drug-likeness (QED) is 0.673. The first-order chi connectivity index (χ1) is 12.0. The lowest BCUT2D eigenvalue weighted by atomic mass is 10.1. The predicted octanol–water partition coefficient (Wildman–Crippen LogP) is 5.13. The Labute approximate surface area is 157 Å². The normalized spacial score (nSPS) is 10.6. The maximum Gasteiger partial charge on any atom is 0.223 e. The molecule has 3 aromatic rings. The number of anilines is 2. The zero-order chi connectivity index (χ0) is 17.8. The van der Waals surface area contributed by atoms with Crippen molar-refractivity contribution in [3.05, 3.63) is 70.3 Å². The third-order valence-corrected chi connectivity index (χ3v) is 4.51. The van der Waals surface area contributed by atoms with E-state index in [4.69, 9.17) is 23.2 Å². The monoisotopic (exact) mass is 372 g/mol. The van der Waals surface area contributed by atoms with Crippen LogP contribution in [0.4, 0.5) is 11.6 Å². The van der Waals surface area contributed by atoms with Crippen molar-refractivity contribution >= 4 is 34.8 Å². The summed E-state index contributed by atoms with van der Waals surface area (Å²) in [4.78, 5) is 10.9. The zero-order valence-corrected chi connectivity index (χ0v) is 15.5. The average Bonchev–Trinajstić information content (AvgIpc) is 2.63. The van der Waals surface area contributed by atoms with Crippen LogP contribution in [0.1, 0.15) is 5.56 Å². The van der Waals surface area contributed by atoms with E-state index in [0.717, 1.165) is 22.5 Å². The molecular weight excluding hydrogens is 355 g/mol. The second-order valence-electron chi connectivity index (χ2n) is 5.81.